The van der Waals surface area contributed by atoms with Crippen molar-refractivity contribution >= 4 is 11.9 Å². The Morgan fingerprint density at radius 2 is 1.83 bits per heavy atom. The average Bonchev–Trinajstić information content (AvgIpc) is 3.01. The molecule has 1 saturated heterocycles. The summed E-state index contributed by atoms with van der Waals surface area (Å²) in [5, 5.41) is 15.4. The fraction of sp³-hybridized carbons (Fsp3) is 0.875. The molecule has 7 heteroatoms. The molecular weight excluding hydrogens is 298 g/mol. The molecule has 3 amide bonds. The molecule has 7 nitrogen and oxygen atoms in total. The number of carbonyl (C=O) groups excluding carboxylic acids is 2. The van der Waals surface area contributed by atoms with E-state index >= 15 is 0 Å². The summed E-state index contributed by atoms with van der Waals surface area (Å²) in [5.41, 5.74) is 0. The summed E-state index contributed by atoms with van der Waals surface area (Å²) in [4.78, 5) is 25.4. The van der Waals surface area contributed by atoms with Crippen LogP contribution in [0.3, 0.4) is 0 Å². The molecule has 0 aromatic carbocycles. The van der Waals surface area contributed by atoms with E-state index < -0.39 is 6.10 Å². The molecule has 2 rings (SSSR count). The number of aliphatic hydroxyl groups is 1. The van der Waals surface area contributed by atoms with Gasteiger partial charge in [0.05, 0.1) is 25.2 Å². The van der Waals surface area contributed by atoms with Gasteiger partial charge in [0.15, 0.2) is 0 Å². The Balaban J connectivity index is 1.79. The average molecular weight is 327 g/mol. The second-order valence-electron chi connectivity index (χ2n) is 6.75. The van der Waals surface area contributed by atoms with Crippen LogP contribution in [-0.4, -0.2) is 66.9 Å². The summed E-state index contributed by atoms with van der Waals surface area (Å²) in [5.74, 6) is 0.0112. The zero-order valence-electron chi connectivity index (χ0n) is 14.1. The lowest BCUT2D eigenvalue weighted by Gasteiger charge is -2.36. The van der Waals surface area contributed by atoms with Gasteiger partial charge in [-0.15, -0.1) is 0 Å². The third-order valence-corrected chi connectivity index (χ3v) is 4.70. The Hall–Kier alpha value is -1.34. The van der Waals surface area contributed by atoms with Gasteiger partial charge in [0.2, 0.25) is 5.91 Å². The third-order valence-electron chi connectivity index (χ3n) is 4.70. The first-order valence-corrected chi connectivity index (χ1v) is 8.53. The van der Waals surface area contributed by atoms with Crippen molar-refractivity contribution in [1.29, 1.82) is 0 Å². The molecule has 0 bridgehead atoms. The molecule has 0 unspecified atom stereocenters. The molecule has 1 aliphatic carbocycles. The van der Waals surface area contributed by atoms with Crippen molar-refractivity contribution in [1.82, 2.24) is 15.5 Å². The third kappa shape index (κ3) is 5.35. The Labute approximate surface area is 137 Å². The smallest absolute Gasteiger partial charge is 0.315 e. The number of ether oxygens (including phenoxy) is 1. The highest BCUT2D eigenvalue weighted by molar-refractivity contribution is 5.76. The van der Waals surface area contributed by atoms with E-state index in [1.54, 1.807) is 14.1 Å². The fourth-order valence-corrected chi connectivity index (χ4v) is 3.29. The molecule has 0 aromatic rings. The molecule has 1 heterocycles. The van der Waals surface area contributed by atoms with Gasteiger partial charge in [0, 0.05) is 20.1 Å². The molecule has 3 N–H and O–H groups in total. The highest BCUT2D eigenvalue weighted by atomic mass is 16.5. The van der Waals surface area contributed by atoms with Crippen LogP contribution in [0, 0.1) is 0 Å². The number of urea groups is 1. The van der Waals surface area contributed by atoms with Gasteiger partial charge in [-0.2, -0.15) is 0 Å². The molecule has 1 aliphatic heterocycles. The van der Waals surface area contributed by atoms with Crippen LogP contribution in [0.1, 0.15) is 44.9 Å². The summed E-state index contributed by atoms with van der Waals surface area (Å²) in [7, 11) is 3.43. The van der Waals surface area contributed by atoms with E-state index in [4.69, 9.17) is 4.74 Å². The Morgan fingerprint density at radius 1 is 1.13 bits per heavy atom. The van der Waals surface area contributed by atoms with Gasteiger partial charge in [-0.1, -0.05) is 12.8 Å². The summed E-state index contributed by atoms with van der Waals surface area (Å²) in [6.45, 7) is -0.166. The van der Waals surface area contributed by atoms with Crippen LogP contribution in [0.4, 0.5) is 4.79 Å². The van der Waals surface area contributed by atoms with Crippen LogP contribution in [0.15, 0.2) is 0 Å². The maximum absolute atomic E-state index is 12.1. The van der Waals surface area contributed by atoms with Crippen LogP contribution in [0.25, 0.3) is 0 Å². The number of hydrogen-bond acceptors (Lipinski definition) is 4. The van der Waals surface area contributed by atoms with E-state index in [9.17, 15) is 14.7 Å². The number of aliphatic hydroxyl groups excluding tert-OH is 1. The first kappa shape index (κ1) is 18.0. The van der Waals surface area contributed by atoms with Gasteiger partial charge >= 0.3 is 6.03 Å². The summed E-state index contributed by atoms with van der Waals surface area (Å²) in [6, 6.07) is -0.142. The molecule has 3 atom stereocenters. The van der Waals surface area contributed by atoms with Gasteiger partial charge < -0.3 is 25.4 Å². The number of amides is 3. The normalized spacial score (nSPS) is 28.4. The topological polar surface area (TPSA) is 90.9 Å². The number of nitrogens with zero attached hydrogens (tertiary/aromatic N) is 1. The summed E-state index contributed by atoms with van der Waals surface area (Å²) in [6.07, 6.45) is 5.45. The minimum atomic E-state index is -0.460. The van der Waals surface area contributed by atoms with Crippen molar-refractivity contribution in [3.63, 3.8) is 0 Å². The van der Waals surface area contributed by atoms with E-state index in [0.29, 0.717) is 19.3 Å². The Bertz CT molecular complexity index is 410. The monoisotopic (exact) mass is 327 g/mol. The van der Waals surface area contributed by atoms with Crippen LogP contribution in [-0.2, 0) is 9.53 Å². The molecule has 1 saturated carbocycles. The van der Waals surface area contributed by atoms with Crippen molar-refractivity contribution in [2.45, 2.75) is 69.2 Å². The largest absolute Gasteiger partial charge is 0.394 e. The fourth-order valence-electron chi connectivity index (χ4n) is 3.29. The lowest BCUT2D eigenvalue weighted by Crippen LogP contribution is -2.54. The van der Waals surface area contributed by atoms with Gasteiger partial charge in [-0.05, 0) is 25.7 Å². The highest BCUT2D eigenvalue weighted by Crippen LogP contribution is 2.23. The predicted molar refractivity (Wildman–Crippen MR) is 86.0 cm³/mol. The van der Waals surface area contributed by atoms with Crippen LogP contribution >= 0.6 is 0 Å². The highest BCUT2D eigenvalue weighted by Gasteiger charge is 2.33. The standard InChI is InChI=1S/C16H29N3O4/c1-19(2)15(21)9-12-7-8-13(14(10-20)23-12)18-16(22)17-11-5-3-4-6-11/h11-14,20H,3-10H2,1-2H3,(H2,17,18,22)/t12-,13+,14-/m0/s1. The molecule has 0 spiro atoms. The van der Waals surface area contributed by atoms with E-state index in [2.05, 4.69) is 10.6 Å². The van der Waals surface area contributed by atoms with Gasteiger partial charge in [-0.25, -0.2) is 4.79 Å². The first-order chi connectivity index (χ1) is 11.0. The minimum Gasteiger partial charge on any atom is -0.394 e. The van der Waals surface area contributed by atoms with Gasteiger partial charge in [0.25, 0.3) is 0 Å². The van der Waals surface area contributed by atoms with Crippen LogP contribution in [0.2, 0.25) is 0 Å². The van der Waals surface area contributed by atoms with Gasteiger partial charge in [-0.3, -0.25) is 4.79 Å². The second kappa shape index (κ2) is 8.49. The maximum atomic E-state index is 12.1. The molecule has 0 aromatic heterocycles. The molecule has 2 fully saturated rings. The van der Waals surface area contributed by atoms with Crippen molar-refractivity contribution < 1.29 is 19.4 Å². The van der Waals surface area contributed by atoms with E-state index in [0.717, 1.165) is 12.8 Å². The lowest BCUT2D eigenvalue weighted by atomic mass is 9.97. The van der Waals surface area contributed by atoms with E-state index in [1.807, 2.05) is 0 Å². The molecule has 0 radical (unpaired) electrons. The van der Waals surface area contributed by atoms with Crippen LogP contribution in [0.5, 0.6) is 0 Å². The SMILES string of the molecule is CN(C)C(=O)C[C@@H]1CC[C@@H](NC(=O)NC2CCCC2)[C@H](CO)O1. The van der Waals surface area contributed by atoms with Gasteiger partial charge in [0.1, 0.15) is 6.10 Å². The summed E-state index contributed by atoms with van der Waals surface area (Å²) >= 11 is 0. The van der Waals surface area contributed by atoms with Crippen LogP contribution < -0.4 is 10.6 Å². The maximum Gasteiger partial charge on any atom is 0.315 e. The number of hydrogen-bond donors (Lipinski definition) is 3. The Kier molecular flexibility index (Phi) is 6.65. The molecule has 23 heavy (non-hydrogen) atoms. The van der Waals surface area contributed by atoms with Crippen molar-refractivity contribution in [3.8, 4) is 0 Å². The second-order valence-corrected chi connectivity index (χ2v) is 6.75. The molecule has 132 valence electrons. The lowest BCUT2D eigenvalue weighted by molar-refractivity contribution is -0.137. The van der Waals surface area contributed by atoms with Crippen molar-refractivity contribution in [2.24, 2.45) is 0 Å². The molecule has 2 aliphatic rings. The minimum absolute atomic E-state index is 0.0112. The van der Waals surface area contributed by atoms with E-state index in [-0.39, 0.29) is 36.7 Å². The predicted octanol–water partition coefficient (Wildman–Crippen LogP) is 0.615. The summed E-state index contributed by atoms with van der Waals surface area (Å²) < 4.78 is 5.80. The zero-order valence-corrected chi connectivity index (χ0v) is 14.1. The van der Waals surface area contributed by atoms with E-state index in [1.165, 1.54) is 17.7 Å². The zero-order chi connectivity index (χ0) is 16.8. The number of carbonyl (C=O) groups is 2. The first-order valence-electron chi connectivity index (χ1n) is 8.53. The van der Waals surface area contributed by atoms with Crippen molar-refractivity contribution in [2.75, 3.05) is 20.7 Å². The van der Waals surface area contributed by atoms with Crippen molar-refractivity contribution in [3.05, 3.63) is 0 Å². The molecular formula is C16H29N3O4. The number of rotatable bonds is 5. The Morgan fingerprint density at radius 3 is 2.43 bits per heavy atom. The number of nitrogens with one attached hydrogen (secondary N) is 2. The quantitative estimate of drug-likeness (QED) is 0.690.